The SMILES string of the molecule is CC[C@]12C=CCN(C)C(=O)[C@H]1[C@H]1C(=O)N(CCCCCO)C3C(=O)N(c4ccc5ccccc5c4)CC=C[C@@]31O2. The van der Waals surface area contributed by atoms with Gasteiger partial charge >= 0.3 is 0 Å². The third kappa shape index (κ3) is 3.91. The van der Waals surface area contributed by atoms with Crippen LogP contribution in [-0.4, -0.2) is 83.2 Å². The first-order valence-electron chi connectivity index (χ1n) is 14.4. The molecule has 1 unspecified atom stereocenters. The second-order valence-electron chi connectivity index (χ2n) is 11.4. The first-order valence-corrected chi connectivity index (χ1v) is 14.4. The van der Waals surface area contributed by atoms with Crippen LogP contribution < -0.4 is 4.90 Å². The average Bonchev–Trinajstić information content (AvgIpc) is 3.26. The molecule has 4 heterocycles. The van der Waals surface area contributed by atoms with Gasteiger partial charge in [-0.25, -0.2) is 0 Å². The van der Waals surface area contributed by atoms with Crippen molar-refractivity contribution in [3.05, 3.63) is 66.8 Å². The minimum Gasteiger partial charge on any atom is -0.396 e. The number of ether oxygens (including phenoxy) is 1. The summed E-state index contributed by atoms with van der Waals surface area (Å²) in [4.78, 5) is 47.8. The number of unbranched alkanes of at least 4 members (excludes halogenated alkanes) is 2. The second kappa shape index (κ2) is 10.2. The smallest absolute Gasteiger partial charge is 0.253 e. The van der Waals surface area contributed by atoms with E-state index in [9.17, 15) is 19.5 Å². The molecule has 0 bridgehead atoms. The van der Waals surface area contributed by atoms with E-state index in [1.54, 1.807) is 21.7 Å². The molecular formula is C32H37N3O5. The van der Waals surface area contributed by atoms with E-state index in [1.165, 1.54) is 0 Å². The summed E-state index contributed by atoms with van der Waals surface area (Å²) in [6.07, 6.45) is 10.2. The fourth-order valence-electron chi connectivity index (χ4n) is 7.27. The lowest BCUT2D eigenvalue weighted by Crippen LogP contribution is -2.56. The maximum atomic E-state index is 14.6. The molecule has 0 radical (unpaired) electrons. The van der Waals surface area contributed by atoms with Crippen molar-refractivity contribution < 1.29 is 24.2 Å². The quantitative estimate of drug-likeness (QED) is 0.428. The molecule has 6 rings (SSSR count). The Morgan fingerprint density at radius 2 is 1.68 bits per heavy atom. The first-order chi connectivity index (χ1) is 19.4. The molecule has 4 aliphatic heterocycles. The van der Waals surface area contributed by atoms with Crippen molar-refractivity contribution in [2.45, 2.75) is 49.9 Å². The molecule has 4 aliphatic rings. The van der Waals surface area contributed by atoms with E-state index < -0.39 is 29.1 Å². The van der Waals surface area contributed by atoms with Gasteiger partial charge in [0, 0.05) is 39.0 Å². The summed E-state index contributed by atoms with van der Waals surface area (Å²) in [7, 11) is 1.75. The maximum Gasteiger partial charge on any atom is 0.253 e. The standard InChI is InChI=1S/C32H37N3O5/c1-3-31-15-9-17-33(2)28(37)25(31)26-29(38)35(18-7-4-8-20-36)27-30(39)34(19-10-16-32(26,27)40-31)24-14-13-22-11-5-6-12-23(22)21-24/h5-6,9-16,21,25-27,36H,3-4,7-8,17-20H2,1-2H3/t25-,26+,27?,31+,32+/m1/s1. The van der Waals surface area contributed by atoms with E-state index in [-0.39, 0.29) is 24.3 Å². The first kappa shape index (κ1) is 26.7. The molecular weight excluding hydrogens is 506 g/mol. The van der Waals surface area contributed by atoms with Gasteiger partial charge in [-0.2, -0.15) is 0 Å². The number of hydrogen-bond donors (Lipinski definition) is 1. The highest BCUT2D eigenvalue weighted by Crippen LogP contribution is 2.58. The Kier molecular flexibility index (Phi) is 6.79. The van der Waals surface area contributed by atoms with E-state index in [2.05, 4.69) is 0 Å². The number of nitrogens with zero attached hydrogens (tertiary/aromatic N) is 3. The second-order valence-corrected chi connectivity index (χ2v) is 11.4. The highest BCUT2D eigenvalue weighted by atomic mass is 16.5. The van der Waals surface area contributed by atoms with Crippen LogP contribution in [0.4, 0.5) is 5.69 Å². The van der Waals surface area contributed by atoms with Crippen LogP contribution in [0.1, 0.15) is 32.6 Å². The molecule has 2 fully saturated rings. The molecule has 8 nitrogen and oxygen atoms in total. The van der Waals surface area contributed by atoms with Gasteiger partial charge in [-0.05, 0) is 48.6 Å². The molecule has 5 atom stereocenters. The number of hydrogen-bond acceptors (Lipinski definition) is 5. The summed E-state index contributed by atoms with van der Waals surface area (Å²) < 4.78 is 6.98. The number of likely N-dealkylation sites (N-methyl/N-ethyl adjacent to an activating group) is 1. The third-order valence-electron chi connectivity index (χ3n) is 9.24. The Morgan fingerprint density at radius 1 is 0.900 bits per heavy atom. The number of fused-ring (bicyclic) bond motifs is 3. The highest BCUT2D eigenvalue weighted by Gasteiger charge is 2.75. The molecule has 0 aliphatic carbocycles. The molecule has 210 valence electrons. The number of anilines is 1. The van der Waals surface area contributed by atoms with Crippen molar-refractivity contribution in [3.8, 4) is 0 Å². The van der Waals surface area contributed by atoms with Gasteiger partial charge in [0.2, 0.25) is 11.8 Å². The third-order valence-corrected chi connectivity index (χ3v) is 9.24. The normalized spacial score (nSPS) is 31.4. The zero-order valence-electron chi connectivity index (χ0n) is 23.2. The number of rotatable bonds is 7. The molecule has 40 heavy (non-hydrogen) atoms. The van der Waals surface area contributed by atoms with Crippen LogP contribution in [0.25, 0.3) is 10.8 Å². The fraction of sp³-hybridized carbons (Fsp3) is 0.469. The predicted octanol–water partition coefficient (Wildman–Crippen LogP) is 3.29. The number of aliphatic hydroxyl groups is 1. The number of carbonyl (C=O) groups is 3. The molecule has 8 heteroatoms. The zero-order chi connectivity index (χ0) is 28.1. The Hall–Kier alpha value is -3.49. The zero-order valence-corrected chi connectivity index (χ0v) is 23.2. The van der Waals surface area contributed by atoms with Crippen molar-refractivity contribution in [2.24, 2.45) is 11.8 Å². The summed E-state index contributed by atoms with van der Waals surface area (Å²) in [5, 5.41) is 11.4. The van der Waals surface area contributed by atoms with Crippen molar-refractivity contribution in [3.63, 3.8) is 0 Å². The van der Waals surface area contributed by atoms with Gasteiger partial charge in [-0.15, -0.1) is 0 Å². The average molecular weight is 544 g/mol. The fourth-order valence-corrected chi connectivity index (χ4v) is 7.27. The topological polar surface area (TPSA) is 90.4 Å². The van der Waals surface area contributed by atoms with Crippen LogP contribution in [0.2, 0.25) is 0 Å². The molecule has 2 aromatic carbocycles. The van der Waals surface area contributed by atoms with Crippen LogP contribution in [-0.2, 0) is 19.1 Å². The minimum atomic E-state index is -1.25. The summed E-state index contributed by atoms with van der Waals surface area (Å²) in [5.74, 6) is -2.05. The van der Waals surface area contributed by atoms with Gasteiger partial charge in [-0.3, -0.25) is 14.4 Å². The van der Waals surface area contributed by atoms with E-state index in [0.29, 0.717) is 38.9 Å². The summed E-state index contributed by atoms with van der Waals surface area (Å²) in [6, 6.07) is 13.1. The van der Waals surface area contributed by atoms with Crippen LogP contribution >= 0.6 is 0 Å². The molecule has 0 aromatic heterocycles. The lowest BCUT2D eigenvalue weighted by molar-refractivity contribution is -0.149. The summed E-state index contributed by atoms with van der Waals surface area (Å²) in [6.45, 7) is 3.21. The van der Waals surface area contributed by atoms with Crippen molar-refractivity contribution in [1.82, 2.24) is 9.80 Å². The lowest BCUT2D eigenvalue weighted by atomic mass is 9.73. The Labute approximate surface area is 234 Å². The molecule has 1 N–H and O–H groups in total. The number of amides is 3. The van der Waals surface area contributed by atoms with E-state index in [1.807, 2.05) is 73.7 Å². The maximum absolute atomic E-state index is 14.6. The largest absolute Gasteiger partial charge is 0.396 e. The van der Waals surface area contributed by atoms with Crippen molar-refractivity contribution in [2.75, 3.05) is 38.2 Å². The van der Waals surface area contributed by atoms with Crippen molar-refractivity contribution >= 4 is 34.2 Å². The van der Waals surface area contributed by atoms with E-state index in [0.717, 1.165) is 22.9 Å². The molecule has 0 saturated carbocycles. The molecule has 1 spiro atoms. The highest BCUT2D eigenvalue weighted by molar-refractivity contribution is 6.06. The van der Waals surface area contributed by atoms with Crippen LogP contribution in [0.5, 0.6) is 0 Å². The molecule has 2 saturated heterocycles. The van der Waals surface area contributed by atoms with E-state index >= 15 is 0 Å². The van der Waals surface area contributed by atoms with Crippen molar-refractivity contribution in [1.29, 1.82) is 0 Å². The monoisotopic (exact) mass is 543 g/mol. The number of likely N-dealkylation sites (tertiary alicyclic amines) is 1. The number of aliphatic hydroxyl groups excluding tert-OH is 1. The van der Waals surface area contributed by atoms with Crippen LogP contribution in [0, 0.1) is 11.8 Å². The molecule has 3 amide bonds. The van der Waals surface area contributed by atoms with Gasteiger partial charge in [0.25, 0.3) is 5.91 Å². The number of carbonyl (C=O) groups excluding carboxylic acids is 3. The summed E-state index contributed by atoms with van der Waals surface area (Å²) >= 11 is 0. The lowest BCUT2D eigenvalue weighted by Gasteiger charge is -2.38. The van der Waals surface area contributed by atoms with Gasteiger partial charge in [0.15, 0.2) is 0 Å². The van der Waals surface area contributed by atoms with Crippen LogP contribution in [0.15, 0.2) is 66.8 Å². The van der Waals surface area contributed by atoms with Gasteiger partial charge < -0.3 is 24.5 Å². The van der Waals surface area contributed by atoms with Gasteiger partial charge in [0.1, 0.15) is 11.6 Å². The van der Waals surface area contributed by atoms with Gasteiger partial charge in [0.05, 0.1) is 17.4 Å². The Morgan fingerprint density at radius 3 is 2.45 bits per heavy atom. The van der Waals surface area contributed by atoms with E-state index in [4.69, 9.17) is 4.74 Å². The summed E-state index contributed by atoms with van der Waals surface area (Å²) in [5.41, 5.74) is -1.46. The predicted molar refractivity (Wildman–Crippen MR) is 152 cm³/mol. The molecule has 2 aromatic rings. The Bertz CT molecular complexity index is 1400. The minimum absolute atomic E-state index is 0.0821. The van der Waals surface area contributed by atoms with Gasteiger partial charge in [-0.1, -0.05) is 61.6 Å². The Balaban J connectivity index is 1.46. The van der Waals surface area contributed by atoms with Crippen LogP contribution in [0.3, 0.4) is 0 Å². The number of benzene rings is 2.